The highest BCUT2D eigenvalue weighted by Gasteiger charge is 1.97. The van der Waals surface area contributed by atoms with E-state index in [0.29, 0.717) is 0 Å². The lowest BCUT2D eigenvalue weighted by molar-refractivity contribution is -0.249. The smallest absolute Gasteiger partial charge is 0.365 e. The van der Waals surface area contributed by atoms with Crippen molar-refractivity contribution in [3.8, 4) is 5.75 Å². The van der Waals surface area contributed by atoms with Gasteiger partial charge >= 0.3 is 5.97 Å². The molecule has 0 aliphatic rings. The fraction of sp³-hybridized carbons (Fsp3) is 0.438. The van der Waals surface area contributed by atoms with E-state index < -0.39 is 5.97 Å². The molecule has 0 spiro atoms. The summed E-state index contributed by atoms with van der Waals surface area (Å²) < 4.78 is 5.64. The Balaban J connectivity index is 2.34. The molecule has 1 rings (SSSR count). The topological polar surface area (TPSA) is 44.8 Å². The number of hydrogen-bond acceptors (Lipinski definition) is 4. The summed E-state index contributed by atoms with van der Waals surface area (Å²) in [6.45, 7) is 2.94. The number of ether oxygens (including phenoxy) is 1. The van der Waals surface area contributed by atoms with Crippen LogP contribution in [0.3, 0.4) is 0 Å². The van der Waals surface area contributed by atoms with Gasteiger partial charge in [0.05, 0.1) is 13.7 Å². The Morgan fingerprint density at radius 2 is 1.90 bits per heavy atom. The second kappa shape index (κ2) is 10.0. The maximum atomic E-state index is 11.1. The molecule has 110 valence electrons. The molecule has 0 aliphatic heterocycles. The van der Waals surface area contributed by atoms with Crippen molar-refractivity contribution >= 4 is 12.0 Å². The number of carbonyl (C=O) groups is 1. The highest BCUT2D eigenvalue weighted by molar-refractivity contribution is 5.86. The van der Waals surface area contributed by atoms with Crippen LogP contribution in [-0.4, -0.2) is 19.7 Å². The third-order valence-electron chi connectivity index (χ3n) is 2.72. The third-order valence-corrected chi connectivity index (χ3v) is 2.72. The van der Waals surface area contributed by atoms with Crippen LogP contribution in [-0.2, 0) is 14.6 Å². The van der Waals surface area contributed by atoms with Crippen molar-refractivity contribution in [2.45, 2.75) is 32.6 Å². The van der Waals surface area contributed by atoms with Gasteiger partial charge in [-0.05, 0) is 30.2 Å². The molecular weight excluding hydrogens is 256 g/mol. The Morgan fingerprint density at radius 3 is 2.55 bits per heavy atom. The van der Waals surface area contributed by atoms with E-state index in [9.17, 15) is 4.79 Å². The molecule has 20 heavy (non-hydrogen) atoms. The maximum absolute atomic E-state index is 11.1. The van der Waals surface area contributed by atoms with Crippen LogP contribution in [0.5, 0.6) is 5.75 Å². The molecule has 0 radical (unpaired) electrons. The van der Waals surface area contributed by atoms with Crippen LogP contribution in [0.4, 0.5) is 0 Å². The minimum Gasteiger partial charge on any atom is -0.494 e. The van der Waals surface area contributed by atoms with Crippen LogP contribution in [0, 0.1) is 0 Å². The number of rotatable bonds is 9. The number of hydrogen-bond donors (Lipinski definition) is 0. The zero-order chi connectivity index (χ0) is 14.6. The van der Waals surface area contributed by atoms with E-state index in [0.717, 1.165) is 24.3 Å². The fourth-order valence-corrected chi connectivity index (χ4v) is 1.67. The van der Waals surface area contributed by atoms with Crippen LogP contribution >= 0.6 is 0 Å². The predicted molar refractivity (Wildman–Crippen MR) is 78.2 cm³/mol. The minimum absolute atomic E-state index is 0.538. The molecule has 0 heterocycles. The van der Waals surface area contributed by atoms with Gasteiger partial charge in [-0.2, -0.15) is 4.89 Å². The lowest BCUT2D eigenvalue weighted by atomic mass is 10.2. The van der Waals surface area contributed by atoms with Crippen molar-refractivity contribution in [2.24, 2.45) is 0 Å². The summed E-state index contributed by atoms with van der Waals surface area (Å²) in [5, 5.41) is 0. The van der Waals surface area contributed by atoms with Crippen LogP contribution in [0.15, 0.2) is 30.3 Å². The van der Waals surface area contributed by atoms with Crippen molar-refractivity contribution in [1.29, 1.82) is 0 Å². The van der Waals surface area contributed by atoms with Crippen molar-refractivity contribution in [2.75, 3.05) is 13.7 Å². The fourth-order valence-electron chi connectivity index (χ4n) is 1.67. The van der Waals surface area contributed by atoms with Crippen molar-refractivity contribution in [1.82, 2.24) is 0 Å². The summed E-state index contributed by atoms with van der Waals surface area (Å²) in [7, 11) is 1.29. The molecular formula is C16H22O4. The molecule has 4 nitrogen and oxygen atoms in total. The van der Waals surface area contributed by atoms with Crippen molar-refractivity contribution < 1.29 is 19.3 Å². The van der Waals surface area contributed by atoms with Gasteiger partial charge < -0.3 is 4.74 Å². The predicted octanol–water partition coefficient (Wildman–Crippen LogP) is 3.76. The SMILES string of the molecule is CCCCCCOc1ccc(/C=C/C(=O)OOC)cc1. The van der Waals surface area contributed by atoms with Crippen LogP contribution in [0.1, 0.15) is 38.2 Å². The second-order valence-electron chi connectivity index (χ2n) is 4.38. The van der Waals surface area contributed by atoms with E-state index >= 15 is 0 Å². The Hall–Kier alpha value is -1.81. The molecule has 1 aromatic carbocycles. The molecule has 1 aromatic rings. The van der Waals surface area contributed by atoms with Crippen LogP contribution in [0.25, 0.3) is 6.08 Å². The van der Waals surface area contributed by atoms with Gasteiger partial charge in [-0.15, -0.1) is 0 Å². The summed E-state index contributed by atoms with van der Waals surface area (Å²) in [5.41, 5.74) is 0.899. The lowest BCUT2D eigenvalue weighted by Crippen LogP contribution is -1.98. The van der Waals surface area contributed by atoms with E-state index in [-0.39, 0.29) is 0 Å². The minimum atomic E-state index is -0.538. The highest BCUT2D eigenvalue weighted by atomic mass is 17.2. The molecule has 0 aromatic heterocycles. The van der Waals surface area contributed by atoms with Gasteiger partial charge in [0.25, 0.3) is 0 Å². The number of benzene rings is 1. The first kappa shape index (κ1) is 16.2. The van der Waals surface area contributed by atoms with Gasteiger partial charge in [0.15, 0.2) is 0 Å². The van der Waals surface area contributed by atoms with Crippen molar-refractivity contribution in [3.63, 3.8) is 0 Å². The number of carbonyl (C=O) groups excluding carboxylic acids is 1. The van der Waals surface area contributed by atoms with E-state index in [1.54, 1.807) is 6.08 Å². The standard InChI is InChI=1S/C16H22O4/c1-3-4-5-6-13-19-15-10-7-14(8-11-15)9-12-16(17)20-18-2/h7-12H,3-6,13H2,1-2H3/b12-9+. The van der Waals surface area contributed by atoms with E-state index in [2.05, 4.69) is 16.7 Å². The first-order valence-electron chi connectivity index (χ1n) is 6.92. The molecule has 0 atom stereocenters. The molecule has 0 fully saturated rings. The summed E-state index contributed by atoms with van der Waals surface area (Å²) in [6, 6.07) is 7.55. The Morgan fingerprint density at radius 1 is 1.15 bits per heavy atom. The van der Waals surface area contributed by atoms with Gasteiger partial charge in [0, 0.05) is 6.08 Å². The van der Waals surface area contributed by atoms with Crippen LogP contribution in [0.2, 0.25) is 0 Å². The molecule has 0 saturated heterocycles. The van der Waals surface area contributed by atoms with Crippen molar-refractivity contribution in [3.05, 3.63) is 35.9 Å². The summed E-state index contributed by atoms with van der Waals surface area (Å²) in [5.74, 6) is 0.307. The zero-order valence-corrected chi connectivity index (χ0v) is 12.1. The highest BCUT2D eigenvalue weighted by Crippen LogP contribution is 2.14. The molecule has 0 aliphatic carbocycles. The van der Waals surface area contributed by atoms with E-state index in [4.69, 9.17) is 4.74 Å². The first-order valence-corrected chi connectivity index (χ1v) is 6.92. The second-order valence-corrected chi connectivity index (χ2v) is 4.38. The largest absolute Gasteiger partial charge is 0.494 e. The summed E-state index contributed by atoms with van der Waals surface area (Å²) in [6.07, 6.45) is 7.74. The molecule has 0 bridgehead atoms. The first-order chi connectivity index (χ1) is 9.76. The van der Waals surface area contributed by atoms with Gasteiger partial charge in [0.1, 0.15) is 5.75 Å². The van der Waals surface area contributed by atoms with E-state index in [1.807, 2.05) is 24.3 Å². The van der Waals surface area contributed by atoms with Gasteiger partial charge in [0.2, 0.25) is 0 Å². The monoisotopic (exact) mass is 278 g/mol. The van der Waals surface area contributed by atoms with Gasteiger partial charge in [-0.3, -0.25) is 4.89 Å². The normalized spacial score (nSPS) is 10.7. The maximum Gasteiger partial charge on any atom is 0.365 e. The number of unbranched alkanes of at least 4 members (excludes halogenated alkanes) is 3. The Kier molecular flexibility index (Phi) is 8.15. The Bertz CT molecular complexity index is 409. The van der Waals surface area contributed by atoms with Gasteiger partial charge in [-0.1, -0.05) is 38.3 Å². The molecule has 0 saturated carbocycles. The summed E-state index contributed by atoms with van der Waals surface area (Å²) >= 11 is 0. The third kappa shape index (κ3) is 6.95. The van der Waals surface area contributed by atoms with Crippen LogP contribution < -0.4 is 4.74 Å². The van der Waals surface area contributed by atoms with Gasteiger partial charge in [-0.25, -0.2) is 4.79 Å². The average Bonchev–Trinajstić information content (AvgIpc) is 2.46. The lowest BCUT2D eigenvalue weighted by Gasteiger charge is -2.05. The molecule has 0 unspecified atom stereocenters. The zero-order valence-electron chi connectivity index (χ0n) is 12.1. The quantitative estimate of drug-likeness (QED) is 0.298. The molecule has 0 amide bonds. The molecule has 0 N–H and O–H groups in total. The summed E-state index contributed by atoms with van der Waals surface area (Å²) in [4.78, 5) is 19.6. The van der Waals surface area contributed by atoms with E-state index in [1.165, 1.54) is 32.4 Å². The Labute approximate surface area is 120 Å². The molecule has 4 heteroatoms. The average molecular weight is 278 g/mol.